The number of aldehydes is 1. The van der Waals surface area contributed by atoms with Crippen molar-refractivity contribution in [3.05, 3.63) is 16.7 Å². The van der Waals surface area contributed by atoms with E-state index in [1.54, 1.807) is 0 Å². The molecule has 0 aromatic heterocycles. The normalized spacial score (nSPS) is 31.8. The van der Waals surface area contributed by atoms with Gasteiger partial charge in [-0.2, -0.15) is 0 Å². The Balaban J connectivity index is 2.08. The molecule has 136 valence electrons. The van der Waals surface area contributed by atoms with Gasteiger partial charge in [0.1, 0.15) is 12.0 Å². The van der Waals surface area contributed by atoms with E-state index in [0.29, 0.717) is 5.75 Å². The molecule has 0 bridgehead atoms. The van der Waals surface area contributed by atoms with Gasteiger partial charge in [0.15, 0.2) is 11.5 Å². The smallest absolute Gasteiger partial charge is 0.231 e. The fourth-order valence-electron chi connectivity index (χ4n) is 6.15. The highest BCUT2D eigenvalue weighted by molar-refractivity contribution is 5.78. The molecule has 0 amide bonds. The van der Waals surface area contributed by atoms with Gasteiger partial charge in [0.05, 0.1) is 0 Å². The third-order valence-electron chi connectivity index (χ3n) is 6.90. The number of ether oxygens (including phenoxy) is 2. The molecule has 0 spiro atoms. The minimum Gasteiger partial charge on any atom is -0.507 e. The molecule has 0 saturated heterocycles. The lowest BCUT2D eigenvalue weighted by molar-refractivity contribution is -0.112. The van der Waals surface area contributed by atoms with Crippen LogP contribution in [-0.4, -0.2) is 18.2 Å². The molecule has 1 N–H and O–H groups in total. The maximum Gasteiger partial charge on any atom is 0.231 e. The number of carbonyl (C=O) groups excluding carboxylic acids is 1. The second-order valence-corrected chi connectivity index (χ2v) is 9.17. The van der Waals surface area contributed by atoms with E-state index in [-0.39, 0.29) is 41.1 Å². The van der Waals surface area contributed by atoms with Gasteiger partial charge in [-0.05, 0) is 30.1 Å². The van der Waals surface area contributed by atoms with Crippen molar-refractivity contribution in [3.8, 4) is 17.2 Å². The summed E-state index contributed by atoms with van der Waals surface area (Å²) >= 11 is 0. The Morgan fingerprint density at radius 3 is 2.48 bits per heavy atom. The zero-order valence-corrected chi connectivity index (χ0v) is 15.8. The van der Waals surface area contributed by atoms with Crippen molar-refractivity contribution in [1.29, 1.82) is 0 Å². The van der Waals surface area contributed by atoms with E-state index in [2.05, 4.69) is 20.8 Å². The lowest BCUT2D eigenvalue weighted by atomic mass is 9.55. The molecule has 1 aliphatic heterocycles. The number of carbonyl (C=O) groups is 1. The predicted octanol–water partition coefficient (Wildman–Crippen LogP) is 4.62. The monoisotopic (exact) mass is 344 g/mol. The quantitative estimate of drug-likeness (QED) is 0.795. The fraction of sp³-hybridized carbons (Fsp3) is 0.667. The standard InChI is InChI=1S/C21H28O4/c1-11(2)13-16(23)14-12(9-22)19-20(3,4)7-6-8-21(19,5)15(14)18-17(13)24-10-25-18/h9,11-12,19,23H,6-8,10H2,1-5H3/t12-,19-,21+/m0/s1. The lowest BCUT2D eigenvalue weighted by Gasteiger charge is -2.49. The van der Waals surface area contributed by atoms with E-state index in [1.165, 1.54) is 0 Å². The van der Waals surface area contributed by atoms with Crippen molar-refractivity contribution >= 4 is 6.29 Å². The lowest BCUT2D eigenvalue weighted by Crippen LogP contribution is -2.44. The highest BCUT2D eigenvalue weighted by Gasteiger charge is 2.60. The number of aromatic hydroxyl groups is 1. The molecule has 1 aromatic carbocycles. The summed E-state index contributed by atoms with van der Waals surface area (Å²) < 4.78 is 11.7. The highest BCUT2D eigenvalue weighted by Crippen LogP contribution is 2.68. The van der Waals surface area contributed by atoms with Gasteiger partial charge in [0.25, 0.3) is 0 Å². The molecule has 3 atom stereocenters. The van der Waals surface area contributed by atoms with Crippen LogP contribution in [0.3, 0.4) is 0 Å². The van der Waals surface area contributed by atoms with E-state index in [9.17, 15) is 9.90 Å². The predicted molar refractivity (Wildman–Crippen MR) is 95.6 cm³/mol. The van der Waals surface area contributed by atoms with Gasteiger partial charge >= 0.3 is 0 Å². The fourth-order valence-corrected chi connectivity index (χ4v) is 6.15. The van der Waals surface area contributed by atoms with E-state index in [1.807, 2.05) is 13.8 Å². The zero-order chi connectivity index (χ0) is 18.1. The molecule has 4 rings (SSSR count). The Morgan fingerprint density at radius 1 is 1.16 bits per heavy atom. The number of phenols is 1. The van der Waals surface area contributed by atoms with Crippen molar-refractivity contribution < 1.29 is 19.4 Å². The summed E-state index contributed by atoms with van der Waals surface area (Å²) in [5, 5.41) is 11.2. The first-order chi connectivity index (χ1) is 11.7. The second kappa shape index (κ2) is 5.15. The van der Waals surface area contributed by atoms with Crippen LogP contribution in [0.15, 0.2) is 0 Å². The van der Waals surface area contributed by atoms with Crippen LogP contribution in [0.5, 0.6) is 17.2 Å². The van der Waals surface area contributed by atoms with Crippen molar-refractivity contribution in [2.45, 2.75) is 71.1 Å². The Kier molecular flexibility index (Phi) is 3.45. The second-order valence-electron chi connectivity index (χ2n) is 9.17. The third kappa shape index (κ3) is 1.97. The van der Waals surface area contributed by atoms with Crippen LogP contribution in [0, 0.1) is 11.3 Å². The first-order valence-corrected chi connectivity index (χ1v) is 9.38. The molecule has 0 unspecified atom stereocenters. The van der Waals surface area contributed by atoms with Gasteiger partial charge in [-0.1, -0.05) is 41.0 Å². The zero-order valence-electron chi connectivity index (χ0n) is 15.8. The van der Waals surface area contributed by atoms with Crippen molar-refractivity contribution in [2.75, 3.05) is 6.79 Å². The number of hydrogen-bond donors (Lipinski definition) is 1. The number of hydrogen-bond acceptors (Lipinski definition) is 4. The van der Waals surface area contributed by atoms with Gasteiger partial charge in [-0.3, -0.25) is 0 Å². The highest BCUT2D eigenvalue weighted by atomic mass is 16.7. The summed E-state index contributed by atoms with van der Waals surface area (Å²) in [4.78, 5) is 12.2. The molecule has 1 fully saturated rings. The summed E-state index contributed by atoms with van der Waals surface area (Å²) in [7, 11) is 0. The molecular formula is C21H28O4. The van der Waals surface area contributed by atoms with Gasteiger partial charge in [0.2, 0.25) is 6.79 Å². The molecule has 1 aromatic rings. The summed E-state index contributed by atoms with van der Waals surface area (Å²) in [6, 6.07) is 0. The van der Waals surface area contributed by atoms with Gasteiger partial charge in [-0.15, -0.1) is 0 Å². The SMILES string of the molecule is CC(C)c1c(O)c2c(c3c1OCO3)[C@@]1(C)CCCC(C)(C)[C@@H]1[C@H]2C=O. The number of fused-ring (bicyclic) bond motifs is 5. The summed E-state index contributed by atoms with van der Waals surface area (Å²) in [5.74, 6) is 1.67. The van der Waals surface area contributed by atoms with Crippen LogP contribution in [0.2, 0.25) is 0 Å². The Labute approximate surface area is 149 Å². The van der Waals surface area contributed by atoms with Crippen LogP contribution >= 0.6 is 0 Å². The molecule has 2 aliphatic carbocycles. The molecule has 4 heteroatoms. The molecule has 25 heavy (non-hydrogen) atoms. The minimum absolute atomic E-state index is 0.0361. The third-order valence-corrected chi connectivity index (χ3v) is 6.90. The topological polar surface area (TPSA) is 55.8 Å². The Hall–Kier alpha value is -1.71. The van der Waals surface area contributed by atoms with Gasteiger partial charge in [0, 0.05) is 28.0 Å². The summed E-state index contributed by atoms with van der Waals surface area (Å²) in [6.45, 7) is 11.0. The number of rotatable bonds is 2. The molecule has 0 radical (unpaired) electrons. The molecular weight excluding hydrogens is 316 g/mol. The first-order valence-electron chi connectivity index (χ1n) is 9.38. The average molecular weight is 344 g/mol. The average Bonchev–Trinajstić information content (AvgIpc) is 3.07. The first kappa shape index (κ1) is 16.7. The van der Waals surface area contributed by atoms with E-state index in [0.717, 1.165) is 48.0 Å². The maximum atomic E-state index is 12.2. The van der Waals surface area contributed by atoms with E-state index < -0.39 is 0 Å². The van der Waals surface area contributed by atoms with Crippen LogP contribution in [-0.2, 0) is 10.2 Å². The van der Waals surface area contributed by atoms with Crippen molar-refractivity contribution in [3.63, 3.8) is 0 Å². The largest absolute Gasteiger partial charge is 0.507 e. The summed E-state index contributed by atoms with van der Waals surface area (Å²) in [5.41, 5.74) is 2.46. The van der Waals surface area contributed by atoms with Crippen LogP contribution in [0.4, 0.5) is 0 Å². The molecule has 1 heterocycles. The van der Waals surface area contributed by atoms with Crippen LogP contribution < -0.4 is 9.47 Å². The maximum absolute atomic E-state index is 12.2. The molecule has 4 nitrogen and oxygen atoms in total. The number of benzene rings is 1. The van der Waals surface area contributed by atoms with Gasteiger partial charge < -0.3 is 19.4 Å². The van der Waals surface area contributed by atoms with Crippen molar-refractivity contribution in [1.82, 2.24) is 0 Å². The van der Waals surface area contributed by atoms with Crippen LogP contribution in [0.1, 0.15) is 82.4 Å². The Morgan fingerprint density at radius 2 is 1.84 bits per heavy atom. The van der Waals surface area contributed by atoms with E-state index in [4.69, 9.17) is 9.47 Å². The summed E-state index contributed by atoms with van der Waals surface area (Å²) in [6.07, 6.45) is 4.28. The Bertz CT molecular complexity index is 749. The molecule has 3 aliphatic rings. The van der Waals surface area contributed by atoms with Gasteiger partial charge in [-0.25, -0.2) is 0 Å². The molecule has 1 saturated carbocycles. The minimum atomic E-state index is -0.290. The van der Waals surface area contributed by atoms with E-state index >= 15 is 0 Å². The van der Waals surface area contributed by atoms with Crippen LogP contribution in [0.25, 0.3) is 0 Å². The van der Waals surface area contributed by atoms with Crippen molar-refractivity contribution in [2.24, 2.45) is 11.3 Å². The number of phenolic OH excluding ortho intramolecular Hbond substituents is 1.